The molecule has 1 saturated heterocycles. The van der Waals surface area contributed by atoms with Crippen molar-refractivity contribution in [1.29, 1.82) is 0 Å². The largest absolute Gasteiger partial charge is 0.303 e. The lowest BCUT2D eigenvalue weighted by Crippen LogP contribution is -2.55. The van der Waals surface area contributed by atoms with Gasteiger partial charge in [0, 0.05) is 19.6 Å². The first kappa shape index (κ1) is 12.9. The highest BCUT2D eigenvalue weighted by Crippen LogP contribution is 2.12. The summed E-state index contributed by atoms with van der Waals surface area (Å²) in [5.74, 6) is 0. The lowest BCUT2D eigenvalue weighted by atomic mass is 10.1. The first-order valence-electron chi connectivity index (χ1n) is 6.53. The van der Waals surface area contributed by atoms with Crippen LogP contribution in [0.25, 0.3) is 0 Å². The molecule has 0 aliphatic carbocycles. The molecule has 1 aliphatic heterocycles. The Morgan fingerprint density at radius 1 is 1.20 bits per heavy atom. The molecule has 15 heavy (non-hydrogen) atoms. The third kappa shape index (κ3) is 4.09. The highest BCUT2D eigenvalue weighted by atomic mass is 15.4. The normalized spacial score (nSPS) is 20.8. The summed E-state index contributed by atoms with van der Waals surface area (Å²) >= 11 is 0. The molecule has 0 amide bonds. The van der Waals surface area contributed by atoms with Crippen molar-refractivity contribution < 1.29 is 0 Å². The molecule has 0 saturated carbocycles. The summed E-state index contributed by atoms with van der Waals surface area (Å²) in [6, 6.07) is 0. The van der Waals surface area contributed by atoms with Crippen LogP contribution < -0.4 is 5.73 Å². The predicted octanol–water partition coefficient (Wildman–Crippen LogP) is 1.84. The van der Waals surface area contributed by atoms with Crippen LogP contribution in [0.2, 0.25) is 0 Å². The third-order valence-corrected chi connectivity index (χ3v) is 3.34. The molecular formula is C12H27N3. The van der Waals surface area contributed by atoms with Crippen LogP contribution in [0.3, 0.4) is 0 Å². The molecule has 1 atom stereocenters. The highest BCUT2D eigenvalue weighted by Gasteiger charge is 2.21. The van der Waals surface area contributed by atoms with Crippen LogP contribution in [0.1, 0.15) is 46.0 Å². The summed E-state index contributed by atoms with van der Waals surface area (Å²) in [6.07, 6.45) is 6.68. The molecule has 0 radical (unpaired) electrons. The van der Waals surface area contributed by atoms with Gasteiger partial charge in [0.05, 0.1) is 0 Å². The van der Waals surface area contributed by atoms with Gasteiger partial charge in [-0.15, -0.1) is 0 Å². The second-order valence-corrected chi connectivity index (χ2v) is 4.49. The first-order valence-corrected chi connectivity index (χ1v) is 6.53. The minimum absolute atomic E-state index is 0.154. The van der Waals surface area contributed by atoms with Crippen molar-refractivity contribution in [2.75, 3.05) is 26.2 Å². The Kier molecular flexibility index (Phi) is 6.22. The molecule has 0 spiro atoms. The van der Waals surface area contributed by atoms with Crippen LogP contribution in [0.15, 0.2) is 0 Å². The summed E-state index contributed by atoms with van der Waals surface area (Å²) in [5.41, 5.74) is 6.30. The van der Waals surface area contributed by atoms with E-state index in [2.05, 4.69) is 23.6 Å². The van der Waals surface area contributed by atoms with E-state index in [1.807, 2.05) is 0 Å². The topological polar surface area (TPSA) is 32.5 Å². The quantitative estimate of drug-likeness (QED) is 0.683. The fourth-order valence-electron chi connectivity index (χ4n) is 2.25. The van der Waals surface area contributed by atoms with Crippen LogP contribution in [-0.4, -0.2) is 42.3 Å². The third-order valence-electron chi connectivity index (χ3n) is 3.34. The van der Waals surface area contributed by atoms with Gasteiger partial charge in [-0.05, 0) is 25.8 Å². The zero-order valence-corrected chi connectivity index (χ0v) is 10.4. The van der Waals surface area contributed by atoms with Crippen molar-refractivity contribution in [3.8, 4) is 0 Å². The number of nitrogens with two attached hydrogens (primary N) is 1. The molecule has 1 heterocycles. The van der Waals surface area contributed by atoms with Gasteiger partial charge in [-0.3, -0.25) is 9.80 Å². The van der Waals surface area contributed by atoms with Gasteiger partial charge in [-0.1, -0.05) is 26.7 Å². The second-order valence-electron chi connectivity index (χ2n) is 4.49. The number of hydrogen-bond donors (Lipinski definition) is 1. The predicted molar refractivity (Wildman–Crippen MR) is 65.6 cm³/mol. The lowest BCUT2D eigenvalue weighted by Gasteiger charge is -2.38. The van der Waals surface area contributed by atoms with E-state index in [1.54, 1.807) is 0 Å². The van der Waals surface area contributed by atoms with Crippen LogP contribution in [0.4, 0.5) is 0 Å². The van der Waals surface area contributed by atoms with Gasteiger partial charge < -0.3 is 5.73 Å². The lowest BCUT2D eigenvalue weighted by molar-refractivity contribution is 0.0353. The van der Waals surface area contributed by atoms with Gasteiger partial charge in [0.2, 0.25) is 0 Å². The molecule has 1 aliphatic rings. The average Bonchev–Trinajstić information content (AvgIpc) is 2.31. The Morgan fingerprint density at radius 3 is 2.40 bits per heavy atom. The van der Waals surface area contributed by atoms with E-state index in [0.29, 0.717) is 0 Å². The van der Waals surface area contributed by atoms with Crippen molar-refractivity contribution in [3.63, 3.8) is 0 Å². The maximum absolute atomic E-state index is 6.30. The molecular weight excluding hydrogens is 186 g/mol. The van der Waals surface area contributed by atoms with E-state index in [-0.39, 0.29) is 6.29 Å². The highest BCUT2D eigenvalue weighted by molar-refractivity contribution is 4.71. The minimum atomic E-state index is 0.154. The Labute approximate surface area is 94.6 Å². The molecule has 90 valence electrons. The van der Waals surface area contributed by atoms with E-state index in [4.69, 9.17) is 5.73 Å². The van der Waals surface area contributed by atoms with Crippen LogP contribution in [0.5, 0.6) is 0 Å². The van der Waals surface area contributed by atoms with Crippen molar-refractivity contribution >= 4 is 0 Å². The molecule has 0 aromatic rings. The molecule has 0 bridgehead atoms. The Hall–Kier alpha value is -0.120. The number of nitrogens with zero attached hydrogens (tertiary/aromatic N) is 2. The molecule has 3 nitrogen and oxygen atoms in total. The fourth-order valence-corrected chi connectivity index (χ4v) is 2.25. The van der Waals surface area contributed by atoms with Crippen molar-refractivity contribution in [3.05, 3.63) is 0 Å². The first-order chi connectivity index (χ1) is 7.29. The number of rotatable bonds is 6. The maximum atomic E-state index is 6.30. The van der Waals surface area contributed by atoms with Gasteiger partial charge in [-0.25, -0.2) is 0 Å². The number of hydrogen-bond acceptors (Lipinski definition) is 3. The van der Waals surface area contributed by atoms with Crippen LogP contribution in [-0.2, 0) is 0 Å². The van der Waals surface area contributed by atoms with Gasteiger partial charge >= 0.3 is 0 Å². The molecule has 0 aromatic carbocycles. The number of piperidine rings is 1. The van der Waals surface area contributed by atoms with E-state index in [1.165, 1.54) is 45.2 Å². The van der Waals surface area contributed by atoms with Crippen LogP contribution >= 0.6 is 0 Å². The van der Waals surface area contributed by atoms with E-state index < -0.39 is 0 Å². The molecule has 0 aromatic heterocycles. The summed E-state index contributed by atoms with van der Waals surface area (Å²) in [4.78, 5) is 4.83. The number of unbranched alkanes of at least 4 members (excludes halogenated alkanes) is 1. The Balaban J connectivity index is 2.36. The SMILES string of the molecule is CCCCN(CC)C(N)N1CCCCC1. The zero-order valence-electron chi connectivity index (χ0n) is 10.4. The van der Waals surface area contributed by atoms with E-state index in [0.717, 1.165) is 13.1 Å². The van der Waals surface area contributed by atoms with Crippen LogP contribution in [0, 0.1) is 0 Å². The summed E-state index contributed by atoms with van der Waals surface area (Å²) in [5, 5.41) is 0. The minimum Gasteiger partial charge on any atom is -0.303 e. The van der Waals surface area contributed by atoms with Gasteiger partial charge in [0.15, 0.2) is 0 Å². The molecule has 1 rings (SSSR count). The van der Waals surface area contributed by atoms with Gasteiger partial charge in [0.25, 0.3) is 0 Å². The zero-order chi connectivity index (χ0) is 11.1. The van der Waals surface area contributed by atoms with E-state index >= 15 is 0 Å². The fraction of sp³-hybridized carbons (Fsp3) is 1.00. The van der Waals surface area contributed by atoms with Crippen molar-refractivity contribution in [1.82, 2.24) is 9.80 Å². The van der Waals surface area contributed by atoms with Crippen molar-refractivity contribution in [2.45, 2.75) is 52.2 Å². The van der Waals surface area contributed by atoms with Gasteiger partial charge in [0.1, 0.15) is 6.29 Å². The molecule has 1 fully saturated rings. The summed E-state index contributed by atoms with van der Waals surface area (Å²) < 4.78 is 0. The second kappa shape index (κ2) is 7.20. The standard InChI is InChI=1S/C12H27N3/c1-3-5-9-14(4-2)12(13)15-10-7-6-8-11-15/h12H,3-11,13H2,1-2H3. The Bertz CT molecular complexity index is 155. The monoisotopic (exact) mass is 213 g/mol. The maximum Gasteiger partial charge on any atom is 0.114 e. The smallest absolute Gasteiger partial charge is 0.114 e. The van der Waals surface area contributed by atoms with Crippen molar-refractivity contribution in [2.24, 2.45) is 5.73 Å². The molecule has 3 heteroatoms. The Morgan fingerprint density at radius 2 is 1.87 bits per heavy atom. The molecule has 1 unspecified atom stereocenters. The van der Waals surface area contributed by atoms with E-state index in [9.17, 15) is 0 Å². The van der Waals surface area contributed by atoms with Gasteiger partial charge in [-0.2, -0.15) is 0 Å². The molecule has 2 N–H and O–H groups in total. The summed E-state index contributed by atoms with van der Waals surface area (Å²) in [6.45, 7) is 9.02. The summed E-state index contributed by atoms with van der Waals surface area (Å²) in [7, 11) is 0. The average molecular weight is 213 g/mol. The number of likely N-dealkylation sites (tertiary alicyclic amines) is 1.